The average molecular weight is 421 g/mol. The van der Waals surface area contributed by atoms with Crippen molar-refractivity contribution in [1.29, 1.82) is 0 Å². The molecule has 1 rings (SSSR count). The molecule has 0 spiro atoms. The van der Waals surface area contributed by atoms with Gasteiger partial charge in [-0.05, 0) is 62.5 Å². The van der Waals surface area contributed by atoms with Crippen LogP contribution in [0.5, 0.6) is 0 Å². The first kappa shape index (κ1) is 26.7. The second-order valence-electron chi connectivity index (χ2n) is 9.15. The van der Waals surface area contributed by atoms with Crippen molar-refractivity contribution in [3.8, 4) is 0 Å². The lowest BCUT2D eigenvalue weighted by Gasteiger charge is -2.10. The first-order chi connectivity index (χ1) is 14.3. The highest BCUT2D eigenvalue weighted by Gasteiger charge is 2.17. The molecule has 0 aliphatic heterocycles. The van der Waals surface area contributed by atoms with E-state index >= 15 is 0 Å². The lowest BCUT2D eigenvalue weighted by atomic mass is 9.94. The average Bonchev–Trinajstić information content (AvgIpc) is 3.05. The Morgan fingerprint density at radius 3 is 1.00 bits per heavy atom. The third-order valence-corrected chi connectivity index (χ3v) is 7.75. The van der Waals surface area contributed by atoms with E-state index in [9.17, 15) is 0 Å². The lowest BCUT2D eigenvalue weighted by molar-refractivity contribution is 0.639. The van der Waals surface area contributed by atoms with Crippen LogP contribution in [-0.4, -0.2) is 0 Å². The van der Waals surface area contributed by atoms with Crippen molar-refractivity contribution in [3.63, 3.8) is 0 Å². The number of thiophene rings is 1. The van der Waals surface area contributed by atoms with Crippen LogP contribution < -0.4 is 0 Å². The fourth-order valence-corrected chi connectivity index (χ4v) is 5.96. The molecule has 0 N–H and O–H groups in total. The molecule has 0 atom stereocenters. The molecule has 0 nitrogen and oxygen atoms in total. The summed E-state index contributed by atoms with van der Waals surface area (Å²) in [5, 5.41) is 0. The van der Waals surface area contributed by atoms with Crippen molar-refractivity contribution in [2.45, 2.75) is 156 Å². The quantitative estimate of drug-likeness (QED) is 0.184. The molecule has 1 heterocycles. The zero-order chi connectivity index (χ0) is 21.2. The zero-order valence-electron chi connectivity index (χ0n) is 20.6. The fourth-order valence-electron chi connectivity index (χ4n) is 4.47. The number of hydrogen-bond donors (Lipinski definition) is 0. The van der Waals surface area contributed by atoms with E-state index in [1.54, 1.807) is 9.75 Å². The molecule has 0 unspecified atom stereocenters. The minimum Gasteiger partial charge on any atom is -0.145 e. The van der Waals surface area contributed by atoms with Crippen LogP contribution in [0.2, 0.25) is 0 Å². The van der Waals surface area contributed by atoms with Gasteiger partial charge in [0.25, 0.3) is 0 Å². The smallest absolute Gasteiger partial charge is 0.00830 e. The van der Waals surface area contributed by atoms with Gasteiger partial charge in [0.15, 0.2) is 0 Å². The monoisotopic (exact) mass is 420 g/mol. The SMILES string of the molecule is CCCCCCc1sc(CCCCCC)c(CCCCCC)c1CCCCCC. The maximum Gasteiger partial charge on any atom is 0.00830 e. The van der Waals surface area contributed by atoms with Gasteiger partial charge in [0.05, 0.1) is 0 Å². The van der Waals surface area contributed by atoms with Crippen molar-refractivity contribution < 1.29 is 0 Å². The molecule has 0 radical (unpaired) electrons. The number of aryl methyl sites for hydroxylation is 2. The molecule has 0 saturated carbocycles. The molecule has 29 heavy (non-hydrogen) atoms. The van der Waals surface area contributed by atoms with Gasteiger partial charge in [-0.2, -0.15) is 0 Å². The highest BCUT2D eigenvalue weighted by molar-refractivity contribution is 7.12. The van der Waals surface area contributed by atoms with E-state index in [1.165, 1.54) is 128 Å². The summed E-state index contributed by atoms with van der Waals surface area (Å²) in [4.78, 5) is 3.57. The van der Waals surface area contributed by atoms with E-state index < -0.39 is 0 Å². The van der Waals surface area contributed by atoms with E-state index in [-0.39, 0.29) is 0 Å². The molecular weight excluding hydrogens is 368 g/mol. The van der Waals surface area contributed by atoms with Crippen LogP contribution in [0.3, 0.4) is 0 Å². The molecule has 1 aromatic heterocycles. The van der Waals surface area contributed by atoms with E-state index in [1.807, 2.05) is 11.1 Å². The van der Waals surface area contributed by atoms with Crippen molar-refractivity contribution in [1.82, 2.24) is 0 Å². The van der Waals surface area contributed by atoms with Crippen LogP contribution in [0.15, 0.2) is 0 Å². The van der Waals surface area contributed by atoms with E-state index in [4.69, 9.17) is 0 Å². The standard InChI is InChI=1S/C28H52S/c1-5-9-13-17-21-25-26(22-18-14-10-6-2)28(24-20-16-12-8-4)29-27(25)23-19-15-11-7-3/h5-24H2,1-4H3. The van der Waals surface area contributed by atoms with Crippen LogP contribution in [0.1, 0.15) is 151 Å². The van der Waals surface area contributed by atoms with Gasteiger partial charge in [-0.25, -0.2) is 0 Å². The van der Waals surface area contributed by atoms with Crippen molar-refractivity contribution in [2.75, 3.05) is 0 Å². The van der Waals surface area contributed by atoms with Crippen molar-refractivity contribution >= 4 is 11.3 Å². The Labute approximate surface area is 188 Å². The fraction of sp³-hybridized carbons (Fsp3) is 0.857. The summed E-state index contributed by atoms with van der Waals surface area (Å²) in [7, 11) is 0. The Kier molecular flexibility index (Phi) is 17.0. The van der Waals surface area contributed by atoms with Gasteiger partial charge in [-0.1, -0.05) is 105 Å². The highest BCUT2D eigenvalue weighted by atomic mass is 32.1. The first-order valence-corrected chi connectivity index (χ1v) is 14.2. The van der Waals surface area contributed by atoms with Crippen molar-refractivity contribution in [2.24, 2.45) is 0 Å². The molecule has 1 heteroatoms. The Morgan fingerprint density at radius 2 is 0.690 bits per heavy atom. The minimum absolute atomic E-state index is 1.35. The van der Waals surface area contributed by atoms with Gasteiger partial charge in [0.2, 0.25) is 0 Å². The van der Waals surface area contributed by atoms with Crippen molar-refractivity contribution in [3.05, 3.63) is 20.9 Å². The van der Waals surface area contributed by atoms with Crippen LogP contribution in [0.4, 0.5) is 0 Å². The predicted octanol–water partition coefficient (Wildman–Crippen LogP) is 10.2. The molecule has 0 bridgehead atoms. The molecule has 1 aromatic rings. The Bertz CT molecular complexity index is 442. The Hall–Kier alpha value is -0.300. The zero-order valence-corrected chi connectivity index (χ0v) is 21.4. The normalized spacial score (nSPS) is 11.4. The summed E-state index contributed by atoms with van der Waals surface area (Å²) in [6, 6.07) is 0. The molecular formula is C28H52S. The first-order valence-electron chi connectivity index (χ1n) is 13.4. The number of hydrogen-bond acceptors (Lipinski definition) is 1. The van der Waals surface area contributed by atoms with E-state index in [2.05, 4.69) is 39.0 Å². The van der Waals surface area contributed by atoms with Gasteiger partial charge >= 0.3 is 0 Å². The minimum atomic E-state index is 1.35. The van der Waals surface area contributed by atoms with Gasteiger partial charge in [0, 0.05) is 9.75 Å². The van der Waals surface area contributed by atoms with Gasteiger partial charge in [0.1, 0.15) is 0 Å². The predicted molar refractivity (Wildman–Crippen MR) is 136 cm³/mol. The topological polar surface area (TPSA) is 0 Å². The molecule has 0 aliphatic rings. The molecule has 170 valence electrons. The molecule has 0 aliphatic carbocycles. The number of rotatable bonds is 20. The Morgan fingerprint density at radius 1 is 0.379 bits per heavy atom. The van der Waals surface area contributed by atoms with Crippen LogP contribution in [0.25, 0.3) is 0 Å². The number of unbranched alkanes of at least 4 members (excludes halogenated alkanes) is 12. The molecule has 0 amide bonds. The lowest BCUT2D eigenvalue weighted by Crippen LogP contribution is -1.99. The largest absolute Gasteiger partial charge is 0.145 e. The molecule has 0 saturated heterocycles. The third-order valence-electron chi connectivity index (χ3n) is 6.36. The third kappa shape index (κ3) is 11.6. The van der Waals surface area contributed by atoms with Crippen LogP contribution in [-0.2, 0) is 25.7 Å². The molecule has 0 fully saturated rings. The second kappa shape index (κ2) is 18.5. The van der Waals surface area contributed by atoms with Gasteiger partial charge in [-0.3, -0.25) is 0 Å². The maximum atomic E-state index is 2.33. The summed E-state index contributed by atoms with van der Waals surface area (Å²) in [5.74, 6) is 0. The summed E-state index contributed by atoms with van der Waals surface area (Å²) in [6.45, 7) is 9.31. The van der Waals surface area contributed by atoms with Crippen LogP contribution in [0, 0.1) is 0 Å². The van der Waals surface area contributed by atoms with Gasteiger partial charge < -0.3 is 0 Å². The van der Waals surface area contributed by atoms with Crippen LogP contribution >= 0.6 is 11.3 Å². The second-order valence-corrected chi connectivity index (χ2v) is 10.3. The maximum absolute atomic E-state index is 2.33. The summed E-state index contributed by atoms with van der Waals surface area (Å²) in [5.41, 5.74) is 3.65. The van der Waals surface area contributed by atoms with E-state index in [0.717, 1.165) is 0 Å². The van der Waals surface area contributed by atoms with Gasteiger partial charge in [-0.15, -0.1) is 11.3 Å². The summed E-state index contributed by atoms with van der Waals surface area (Å²) < 4.78 is 0. The summed E-state index contributed by atoms with van der Waals surface area (Å²) >= 11 is 2.23. The molecule has 0 aromatic carbocycles. The van der Waals surface area contributed by atoms with E-state index in [0.29, 0.717) is 0 Å². The Balaban J connectivity index is 2.89. The summed E-state index contributed by atoms with van der Waals surface area (Å²) in [6.07, 6.45) is 27.7. The highest BCUT2D eigenvalue weighted by Crippen LogP contribution is 2.34.